The zero-order chi connectivity index (χ0) is 7.82. The Balaban J connectivity index is 0.000000236. The minimum atomic E-state index is -1.42. The fraction of sp³-hybridized carbons (Fsp3) is 0. The number of phenolic OH excluding ortho intramolecular Hbond substituents is 1. The lowest BCUT2D eigenvalue weighted by molar-refractivity contribution is 0.475. The van der Waals surface area contributed by atoms with Crippen molar-refractivity contribution >= 4 is 11.6 Å². The number of rotatable bonds is 0. The molecule has 0 saturated carbocycles. The Morgan fingerprint density at radius 1 is 1.10 bits per heavy atom. The highest BCUT2D eigenvalue weighted by Gasteiger charge is 1.74. The van der Waals surface area contributed by atoms with Gasteiger partial charge in [0.2, 0.25) is 0 Å². The van der Waals surface area contributed by atoms with Crippen LogP contribution >= 0.6 is 0 Å². The third-order valence-corrected chi connectivity index (χ3v) is 0.756. The molecule has 0 saturated heterocycles. The Hall–Kier alpha value is -1.03. The van der Waals surface area contributed by atoms with Gasteiger partial charge in [-0.2, -0.15) is 0 Å². The van der Waals surface area contributed by atoms with Crippen LogP contribution in [0, 0.1) is 0 Å². The van der Waals surface area contributed by atoms with Gasteiger partial charge in [0.05, 0.1) is 0 Å². The van der Waals surface area contributed by atoms with Crippen molar-refractivity contribution in [2.75, 3.05) is 0 Å². The zero-order valence-electron chi connectivity index (χ0n) is 5.15. The first-order valence-electron chi connectivity index (χ1n) is 2.54. The number of hydrogen-bond donors (Lipinski definition) is 1. The molecule has 1 aromatic carbocycles. The number of para-hydroxylation sites is 1. The molecule has 0 fully saturated rings. The topological polar surface area (TPSA) is 54.4 Å². The van der Waals surface area contributed by atoms with Crippen LogP contribution in [0.15, 0.2) is 30.3 Å². The van der Waals surface area contributed by atoms with Gasteiger partial charge in [-0.15, -0.1) is 0 Å². The van der Waals surface area contributed by atoms with E-state index in [2.05, 4.69) is 0 Å². The van der Waals surface area contributed by atoms with E-state index in [0.717, 1.165) is 0 Å². The summed E-state index contributed by atoms with van der Waals surface area (Å²) >= 11 is -1.42. The summed E-state index contributed by atoms with van der Waals surface area (Å²) in [4.78, 5) is 0. The van der Waals surface area contributed by atoms with Crippen LogP contribution in [0.5, 0.6) is 5.75 Å². The van der Waals surface area contributed by atoms with Crippen LogP contribution in [-0.4, -0.2) is 13.5 Å². The first-order chi connectivity index (χ1) is 4.81. The number of hydrogen-bond acceptors (Lipinski definition) is 3. The molecule has 1 rings (SSSR count). The van der Waals surface area contributed by atoms with Gasteiger partial charge in [0.25, 0.3) is 0 Å². The Morgan fingerprint density at radius 2 is 1.50 bits per heavy atom. The maximum Gasteiger partial charge on any atom is 0.129 e. The quantitative estimate of drug-likeness (QED) is 0.589. The molecule has 1 aromatic rings. The van der Waals surface area contributed by atoms with Crippen LogP contribution in [0.3, 0.4) is 0 Å². The van der Waals surface area contributed by atoms with E-state index >= 15 is 0 Å². The van der Waals surface area contributed by atoms with E-state index in [9.17, 15) is 0 Å². The molecule has 0 aliphatic carbocycles. The van der Waals surface area contributed by atoms with E-state index in [1.807, 2.05) is 6.07 Å². The molecule has 1 N–H and O–H groups in total. The summed E-state index contributed by atoms with van der Waals surface area (Å²) in [5.74, 6) is 0.322. The molecule has 10 heavy (non-hydrogen) atoms. The SMILES string of the molecule is O=[SH2]=O.Oc1ccccc1. The van der Waals surface area contributed by atoms with Crippen LogP contribution in [-0.2, 0) is 11.6 Å². The predicted octanol–water partition coefficient (Wildman–Crippen LogP) is 0.187. The third-order valence-electron chi connectivity index (χ3n) is 0.756. The molecule has 0 heterocycles. The normalized spacial score (nSPS) is 7.60. The van der Waals surface area contributed by atoms with Crippen LogP contribution in [0.4, 0.5) is 0 Å². The van der Waals surface area contributed by atoms with Gasteiger partial charge in [0, 0.05) is 0 Å². The summed E-state index contributed by atoms with van der Waals surface area (Å²) in [6, 6.07) is 8.71. The van der Waals surface area contributed by atoms with Crippen LogP contribution in [0.25, 0.3) is 0 Å². The summed E-state index contributed by atoms with van der Waals surface area (Å²) in [7, 11) is 0. The maximum absolute atomic E-state index is 8.63. The number of aromatic hydroxyl groups is 1. The fourth-order valence-corrected chi connectivity index (χ4v) is 0.428. The highest BCUT2D eigenvalue weighted by Crippen LogP contribution is 2.02. The van der Waals surface area contributed by atoms with Crippen LogP contribution in [0.2, 0.25) is 0 Å². The second-order valence-corrected chi connectivity index (χ2v) is 1.59. The number of phenols is 1. The van der Waals surface area contributed by atoms with Gasteiger partial charge in [0.15, 0.2) is 0 Å². The minimum absolute atomic E-state index is 0.322. The van der Waals surface area contributed by atoms with Crippen LogP contribution < -0.4 is 0 Å². The summed E-state index contributed by atoms with van der Waals surface area (Å²) in [6.45, 7) is 0. The van der Waals surface area contributed by atoms with Gasteiger partial charge in [0.1, 0.15) is 17.3 Å². The lowest BCUT2D eigenvalue weighted by Crippen LogP contribution is -1.56. The van der Waals surface area contributed by atoms with E-state index in [-0.39, 0.29) is 0 Å². The van der Waals surface area contributed by atoms with Gasteiger partial charge in [-0.1, -0.05) is 18.2 Å². The Morgan fingerprint density at radius 3 is 1.70 bits per heavy atom. The molecule has 0 aliphatic heterocycles. The lowest BCUT2D eigenvalue weighted by Gasteiger charge is -1.82. The summed E-state index contributed by atoms with van der Waals surface area (Å²) < 4.78 is 16.8. The van der Waals surface area contributed by atoms with Crippen molar-refractivity contribution in [1.29, 1.82) is 0 Å². The second kappa shape index (κ2) is 6.10. The van der Waals surface area contributed by atoms with Gasteiger partial charge < -0.3 is 5.11 Å². The average Bonchev–Trinajstić information content (AvgIpc) is 1.91. The van der Waals surface area contributed by atoms with Gasteiger partial charge in [-0.05, 0) is 12.1 Å². The molecule has 0 spiro atoms. The molecule has 0 aliphatic rings. The molecule has 0 unspecified atom stereocenters. The van der Waals surface area contributed by atoms with Crippen LogP contribution in [0.1, 0.15) is 0 Å². The first kappa shape index (κ1) is 8.97. The van der Waals surface area contributed by atoms with Gasteiger partial charge in [-0.3, -0.25) is 0 Å². The minimum Gasteiger partial charge on any atom is -0.508 e. The van der Waals surface area contributed by atoms with Gasteiger partial charge in [-0.25, -0.2) is 8.42 Å². The third kappa shape index (κ3) is 5.11. The van der Waals surface area contributed by atoms with E-state index in [0.29, 0.717) is 5.75 Å². The standard InChI is InChI=1S/C6H6O.H2O2S/c7-6-4-2-1-3-5-6;1-3-2/h1-5,7H;3H2. The van der Waals surface area contributed by atoms with E-state index < -0.39 is 11.6 Å². The second-order valence-electron chi connectivity index (χ2n) is 1.42. The molecule has 56 valence electrons. The van der Waals surface area contributed by atoms with Crippen molar-refractivity contribution < 1.29 is 13.5 Å². The van der Waals surface area contributed by atoms with Crippen molar-refractivity contribution in [1.82, 2.24) is 0 Å². The average molecular weight is 160 g/mol. The van der Waals surface area contributed by atoms with Crippen molar-refractivity contribution in [2.45, 2.75) is 0 Å². The molecule has 0 bridgehead atoms. The summed E-state index contributed by atoms with van der Waals surface area (Å²) in [5, 5.41) is 8.63. The maximum atomic E-state index is 8.63. The molecular formula is C6H8O3S. The van der Waals surface area contributed by atoms with E-state index in [1.165, 1.54) is 0 Å². The van der Waals surface area contributed by atoms with E-state index in [1.54, 1.807) is 24.3 Å². The lowest BCUT2D eigenvalue weighted by atomic mass is 10.3. The largest absolute Gasteiger partial charge is 0.508 e. The molecule has 3 nitrogen and oxygen atoms in total. The van der Waals surface area contributed by atoms with Gasteiger partial charge >= 0.3 is 0 Å². The van der Waals surface area contributed by atoms with Crippen molar-refractivity contribution in [3.8, 4) is 5.75 Å². The Bertz CT molecular complexity index is 203. The highest BCUT2D eigenvalue weighted by molar-refractivity contribution is 7.51. The first-order valence-corrected chi connectivity index (χ1v) is 3.36. The Labute approximate surface area is 61.9 Å². The smallest absolute Gasteiger partial charge is 0.129 e. The highest BCUT2D eigenvalue weighted by atomic mass is 32.1. The predicted molar refractivity (Wildman–Crippen MR) is 39.8 cm³/mol. The Kier molecular flexibility index (Phi) is 5.47. The molecule has 0 radical (unpaired) electrons. The summed E-state index contributed by atoms with van der Waals surface area (Å²) in [6.07, 6.45) is 0. The fourth-order valence-electron chi connectivity index (χ4n) is 0.428. The van der Waals surface area contributed by atoms with Crippen molar-refractivity contribution in [3.05, 3.63) is 30.3 Å². The van der Waals surface area contributed by atoms with Crippen molar-refractivity contribution in [3.63, 3.8) is 0 Å². The van der Waals surface area contributed by atoms with E-state index in [4.69, 9.17) is 13.5 Å². The number of benzene rings is 1. The molecule has 0 atom stereocenters. The zero-order valence-corrected chi connectivity index (χ0v) is 6.15. The monoisotopic (exact) mass is 160 g/mol. The molecule has 4 heteroatoms. The molecule has 0 amide bonds. The molecule has 0 aromatic heterocycles. The summed E-state index contributed by atoms with van der Waals surface area (Å²) in [5.41, 5.74) is 0. The molecular weight excluding hydrogens is 152 g/mol. The van der Waals surface area contributed by atoms with Crippen molar-refractivity contribution in [2.24, 2.45) is 0 Å².